The summed E-state index contributed by atoms with van der Waals surface area (Å²) in [4.78, 5) is 24.2. The van der Waals surface area contributed by atoms with Gasteiger partial charge < -0.3 is 29.7 Å². The van der Waals surface area contributed by atoms with Gasteiger partial charge in [0, 0.05) is 32.2 Å². The van der Waals surface area contributed by atoms with Gasteiger partial charge in [-0.3, -0.25) is 0 Å². The average Bonchev–Trinajstić information content (AvgIpc) is 3.34. The molecule has 2 saturated heterocycles. The average molecular weight is 482 g/mol. The standard InChI is InChI=1S/C25H28FN5O4/c1-17-11-21(26)22(28-25(33)31-4-3-18(16-31)15-27-2)14-20(17)19-12-23(30-5-8-34-9-6-30)29-24(13-19)35-10-7-32/h11-15,32H,3-10,16H2,1H3,(H,28,33)/b18-15+. The fourth-order valence-corrected chi connectivity index (χ4v) is 4.15. The van der Waals surface area contributed by atoms with Gasteiger partial charge in [-0.05, 0) is 48.2 Å². The van der Waals surface area contributed by atoms with Gasteiger partial charge in [-0.25, -0.2) is 14.0 Å². The minimum absolute atomic E-state index is 0.0702. The molecule has 10 heteroatoms. The van der Waals surface area contributed by atoms with Crippen molar-refractivity contribution in [3.63, 3.8) is 0 Å². The van der Waals surface area contributed by atoms with Gasteiger partial charge in [-0.1, -0.05) is 5.57 Å². The summed E-state index contributed by atoms with van der Waals surface area (Å²) in [6.07, 6.45) is 2.07. The van der Waals surface area contributed by atoms with Gasteiger partial charge in [0.1, 0.15) is 18.2 Å². The number of ether oxygens (including phenoxy) is 2. The third kappa shape index (κ3) is 5.88. The van der Waals surface area contributed by atoms with E-state index in [1.165, 1.54) is 12.3 Å². The maximum Gasteiger partial charge on any atom is 0.322 e. The normalized spacial score (nSPS) is 16.9. The van der Waals surface area contributed by atoms with E-state index in [0.717, 1.165) is 16.7 Å². The summed E-state index contributed by atoms with van der Waals surface area (Å²) in [7, 11) is 0. The lowest BCUT2D eigenvalue weighted by atomic mass is 10.00. The van der Waals surface area contributed by atoms with E-state index in [0.29, 0.717) is 63.1 Å². The number of aryl methyl sites for hydroxylation is 1. The Morgan fingerprint density at radius 1 is 1.31 bits per heavy atom. The van der Waals surface area contributed by atoms with Crippen LogP contribution in [0.25, 0.3) is 16.0 Å². The highest BCUT2D eigenvalue weighted by Crippen LogP contribution is 2.33. The van der Waals surface area contributed by atoms with Gasteiger partial charge in [0.15, 0.2) is 6.20 Å². The number of rotatable bonds is 6. The van der Waals surface area contributed by atoms with Crippen LogP contribution in [0.1, 0.15) is 12.0 Å². The number of urea groups is 1. The maximum atomic E-state index is 14.8. The van der Waals surface area contributed by atoms with Gasteiger partial charge in [0.2, 0.25) is 5.88 Å². The summed E-state index contributed by atoms with van der Waals surface area (Å²) in [5, 5.41) is 11.9. The molecule has 0 bridgehead atoms. The molecule has 3 heterocycles. The van der Waals surface area contributed by atoms with Crippen LogP contribution >= 0.6 is 0 Å². The highest BCUT2D eigenvalue weighted by Gasteiger charge is 2.23. The second-order valence-electron chi connectivity index (χ2n) is 8.39. The summed E-state index contributed by atoms with van der Waals surface area (Å²) in [6.45, 7) is 12.1. The van der Waals surface area contributed by atoms with Crippen molar-refractivity contribution in [2.45, 2.75) is 13.3 Å². The van der Waals surface area contributed by atoms with Crippen LogP contribution in [0.15, 0.2) is 36.0 Å². The quantitative estimate of drug-likeness (QED) is 0.615. The van der Waals surface area contributed by atoms with E-state index in [1.54, 1.807) is 24.0 Å². The Balaban J connectivity index is 1.64. The van der Waals surface area contributed by atoms with Gasteiger partial charge in [0.05, 0.1) is 32.1 Å². The smallest absolute Gasteiger partial charge is 0.322 e. The molecular weight excluding hydrogens is 453 g/mol. The van der Waals surface area contributed by atoms with Crippen LogP contribution in [0.4, 0.5) is 20.7 Å². The lowest BCUT2D eigenvalue weighted by Gasteiger charge is -2.28. The summed E-state index contributed by atoms with van der Waals surface area (Å²) >= 11 is 0. The second kappa shape index (κ2) is 11.2. The van der Waals surface area contributed by atoms with E-state index in [4.69, 9.17) is 16.0 Å². The first-order chi connectivity index (χ1) is 17.0. The van der Waals surface area contributed by atoms with Crippen molar-refractivity contribution in [2.24, 2.45) is 0 Å². The van der Waals surface area contributed by atoms with Crippen molar-refractivity contribution in [3.05, 3.63) is 58.8 Å². The summed E-state index contributed by atoms with van der Waals surface area (Å²) in [5.74, 6) is 0.516. The van der Waals surface area contributed by atoms with Crippen LogP contribution in [-0.4, -0.2) is 73.6 Å². The Kier molecular flexibility index (Phi) is 7.80. The molecule has 2 aliphatic heterocycles. The molecule has 2 N–H and O–H groups in total. The van der Waals surface area contributed by atoms with Crippen LogP contribution in [0.2, 0.25) is 0 Å². The topological polar surface area (TPSA) is 91.5 Å². The number of likely N-dealkylation sites (tertiary alicyclic amines) is 1. The molecule has 4 rings (SSSR count). The molecule has 35 heavy (non-hydrogen) atoms. The van der Waals surface area contributed by atoms with Crippen LogP contribution in [-0.2, 0) is 4.74 Å². The van der Waals surface area contributed by atoms with E-state index in [9.17, 15) is 14.3 Å². The van der Waals surface area contributed by atoms with Crippen molar-refractivity contribution in [2.75, 3.05) is 62.8 Å². The van der Waals surface area contributed by atoms with E-state index in [2.05, 4.69) is 20.0 Å². The van der Waals surface area contributed by atoms with Crippen molar-refractivity contribution in [1.29, 1.82) is 0 Å². The number of aromatic nitrogens is 1. The second-order valence-corrected chi connectivity index (χ2v) is 8.39. The number of anilines is 2. The van der Waals surface area contributed by atoms with Crippen LogP contribution in [0.3, 0.4) is 0 Å². The number of nitrogens with zero attached hydrogens (tertiary/aromatic N) is 4. The third-order valence-corrected chi connectivity index (χ3v) is 5.96. The Hall–Kier alpha value is -3.68. The number of hydrogen-bond donors (Lipinski definition) is 2. The molecule has 2 aromatic rings. The van der Waals surface area contributed by atoms with Crippen LogP contribution in [0.5, 0.6) is 5.88 Å². The number of benzene rings is 1. The third-order valence-electron chi connectivity index (χ3n) is 5.96. The Morgan fingerprint density at radius 2 is 2.11 bits per heavy atom. The number of pyridine rings is 1. The molecular formula is C25H28FN5O4. The zero-order valence-corrected chi connectivity index (χ0v) is 19.6. The van der Waals surface area contributed by atoms with Crippen molar-refractivity contribution in [1.82, 2.24) is 9.88 Å². The number of carbonyl (C=O) groups is 1. The van der Waals surface area contributed by atoms with Crippen molar-refractivity contribution in [3.8, 4) is 17.0 Å². The number of halogens is 1. The van der Waals surface area contributed by atoms with Gasteiger partial charge in [0.25, 0.3) is 0 Å². The molecule has 0 atom stereocenters. The maximum absolute atomic E-state index is 14.8. The summed E-state index contributed by atoms with van der Waals surface area (Å²) in [5.41, 5.74) is 3.12. The molecule has 1 aromatic carbocycles. The number of nitrogens with one attached hydrogen (secondary N) is 1. The van der Waals surface area contributed by atoms with Gasteiger partial charge >= 0.3 is 6.03 Å². The molecule has 184 valence electrons. The predicted molar refractivity (Wildman–Crippen MR) is 130 cm³/mol. The lowest BCUT2D eigenvalue weighted by molar-refractivity contribution is 0.122. The van der Waals surface area contributed by atoms with Crippen LogP contribution < -0.4 is 15.0 Å². The van der Waals surface area contributed by atoms with E-state index in [1.807, 2.05) is 6.07 Å². The molecule has 2 amide bonds. The first-order valence-corrected chi connectivity index (χ1v) is 11.5. The number of hydrogen-bond acceptors (Lipinski definition) is 6. The summed E-state index contributed by atoms with van der Waals surface area (Å²) in [6, 6.07) is 6.24. The molecule has 9 nitrogen and oxygen atoms in total. The molecule has 2 aliphatic rings. The number of amides is 2. The monoisotopic (exact) mass is 481 g/mol. The molecule has 0 radical (unpaired) electrons. The molecule has 1 aromatic heterocycles. The predicted octanol–water partition coefficient (Wildman–Crippen LogP) is 3.44. The molecule has 0 saturated carbocycles. The van der Waals surface area contributed by atoms with Gasteiger partial charge in [-0.15, -0.1) is 0 Å². The molecule has 2 fully saturated rings. The molecule has 0 spiro atoms. The number of aliphatic hydroxyl groups excluding tert-OH is 1. The SMILES string of the molecule is [C-]#[N+]/C=C1\CCN(C(=O)Nc2cc(-c3cc(OCCO)nc(N4CCOCC4)c3)c(C)cc2F)C1. The molecule has 0 aliphatic carbocycles. The first kappa shape index (κ1) is 24.4. The zero-order chi connectivity index (χ0) is 24.8. The number of aliphatic hydroxyl groups is 1. The van der Waals surface area contributed by atoms with E-state index >= 15 is 0 Å². The van der Waals surface area contributed by atoms with Crippen molar-refractivity contribution < 1.29 is 23.8 Å². The lowest BCUT2D eigenvalue weighted by Crippen LogP contribution is -2.36. The number of morpholine rings is 1. The Bertz CT molecular complexity index is 1160. The van der Waals surface area contributed by atoms with E-state index < -0.39 is 11.8 Å². The fraction of sp³-hybridized carbons (Fsp3) is 0.400. The Morgan fingerprint density at radius 3 is 2.86 bits per heavy atom. The number of carbonyl (C=O) groups excluding carboxylic acids is 1. The van der Waals surface area contributed by atoms with E-state index in [-0.39, 0.29) is 18.9 Å². The highest BCUT2D eigenvalue weighted by molar-refractivity contribution is 5.91. The first-order valence-electron chi connectivity index (χ1n) is 11.5. The Labute approximate surface area is 203 Å². The minimum atomic E-state index is -0.532. The summed E-state index contributed by atoms with van der Waals surface area (Å²) < 4.78 is 25.9. The zero-order valence-electron chi connectivity index (χ0n) is 19.6. The largest absolute Gasteiger partial charge is 0.475 e. The highest BCUT2D eigenvalue weighted by atomic mass is 19.1. The minimum Gasteiger partial charge on any atom is -0.475 e. The molecule has 0 unspecified atom stereocenters. The fourth-order valence-electron chi connectivity index (χ4n) is 4.15. The van der Waals surface area contributed by atoms with Crippen molar-refractivity contribution >= 4 is 17.5 Å². The van der Waals surface area contributed by atoms with Crippen LogP contribution in [0, 0.1) is 19.3 Å². The van der Waals surface area contributed by atoms with Gasteiger partial charge in [-0.2, -0.15) is 4.98 Å².